The van der Waals surface area contributed by atoms with Crippen LogP contribution in [0.15, 0.2) is 6.20 Å². The van der Waals surface area contributed by atoms with Gasteiger partial charge in [-0.15, -0.1) is 0 Å². The lowest BCUT2D eigenvalue weighted by Crippen LogP contribution is -2.15. The average Bonchev–Trinajstić information content (AvgIpc) is 2.04. The standard InChI is InChI=1S/C9H12N2O2/c1-5-4-11-9(13-3)6(2)7(5)8(10)12/h4H,1-3H3,(H2,10,12). The fourth-order valence-electron chi connectivity index (χ4n) is 1.30. The molecule has 0 bridgehead atoms. The number of rotatable bonds is 2. The smallest absolute Gasteiger partial charge is 0.249 e. The molecule has 0 radical (unpaired) electrons. The highest BCUT2D eigenvalue weighted by molar-refractivity contribution is 5.96. The van der Waals surface area contributed by atoms with Crippen LogP contribution in [-0.4, -0.2) is 18.0 Å². The highest BCUT2D eigenvalue weighted by atomic mass is 16.5. The molecular formula is C9H12N2O2. The third-order valence-corrected chi connectivity index (χ3v) is 1.91. The van der Waals surface area contributed by atoms with Crippen LogP contribution in [0.3, 0.4) is 0 Å². The van der Waals surface area contributed by atoms with Gasteiger partial charge in [-0.05, 0) is 19.4 Å². The zero-order valence-corrected chi connectivity index (χ0v) is 7.92. The molecular weight excluding hydrogens is 168 g/mol. The summed E-state index contributed by atoms with van der Waals surface area (Å²) >= 11 is 0. The number of aryl methyl sites for hydroxylation is 1. The van der Waals surface area contributed by atoms with Crippen LogP contribution < -0.4 is 10.5 Å². The largest absolute Gasteiger partial charge is 0.481 e. The van der Waals surface area contributed by atoms with E-state index in [4.69, 9.17) is 10.5 Å². The Morgan fingerprint density at radius 1 is 1.54 bits per heavy atom. The maximum atomic E-state index is 11.0. The van der Waals surface area contributed by atoms with Gasteiger partial charge in [-0.3, -0.25) is 4.79 Å². The number of nitrogens with zero attached hydrogens (tertiary/aromatic N) is 1. The van der Waals surface area contributed by atoms with Gasteiger partial charge in [-0.1, -0.05) is 0 Å². The average molecular weight is 180 g/mol. The molecule has 0 saturated carbocycles. The third kappa shape index (κ3) is 1.61. The maximum Gasteiger partial charge on any atom is 0.249 e. The van der Waals surface area contributed by atoms with Crippen LogP contribution in [0, 0.1) is 13.8 Å². The summed E-state index contributed by atoms with van der Waals surface area (Å²) in [5.74, 6) is -0.00454. The fraction of sp³-hybridized carbons (Fsp3) is 0.333. The van der Waals surface area contributed by atoms with Crippen molar-refractivity contribution in [2.75, 3.05) is 7.11 Å². The lowest BCUT2D eigenvalue weighted by molar-refractivity contribution is 0.0998. The van der Waals surface area contributed by atoms with Crippen LogP contribution in [0.1, 0.15) is 21.5 Å². The Bertz CT molecular complexity index is 348. The minimum atomic E-state index is -0.448. The molecule has 1 aromatic heterocycles. The normalized spacial score (nSPS) is 9.77. The molecule has 1 aromatic rings. The van der Waals surface area contributed by atoms with E-state index in [0.717, 1.165) is 5.56 Å². The Balaban J connectivity index is 3.38. The molecule has 1 amide bonds. The molecule has 0 atom stereocenters. The molecule has 2 N–H and O–H groups in total. The number of amides is 1. The van der Waals surface area contributed by atoms with Gasteiger partial charge in [-0.25, -0.2) is 4.98 Å². The van der Waals surface area contributed by atoms with E-state index >= 15 is 0 Å². The lowest BCUT2D eigenvalue weighted by atomic mass is 10.1. The first-order chi connectivity index (χ1) is 6.07. The number of nitrogens with two attached hydrogens (primary N) is 1. The first-order valence-electron chi connectivity index (χ1n) is 3.88. The van der Waals surface area contributed by atoms with Crippen molar-refractivity contribution < 1.29 is 9.53 Å². The van der Waals surface area contributed by atoms with Crippen molar-refractivity contribution in [3.05, 3.63) is 22.9 Å². The molecule has 70 valence electrons. The Morgan fingerprint density at radius 2 is 2.15 bits per heavy atom. The number of ether oxygens (including phenoxy) is 1. The zero-order chi connectivity index (χ0) is 10.0. The van der Waals surface area contributed by atoms with Gasteiger partial charge in [0.05, 0.1) is 12.7 Å². The number of hydrogen-bond donors (Lipinski definition) is 1. The molecule has 0 unspecified atom stereocenters. The van der Waals surface area contributed by atoms with Crippen molar-refractivity contribution in [3.8, 4) is 5.88 Å². The van der Waals surface area contributed by atoms with Gasteiger partial charge in [0.2, 0.25) is 11.8 Å². The second kappa shape index (κ2) is 3.43. The van der Waals surface area contributed by atoms with E-state index in [9.17, 15) is 4.79 Å². The van der Waals surface area contributed by atoms with E-state index in [1.165, 1.54) is 7.11 Å². The summed E-state index contributed by atoms with van der Waals surface area (Å²) in [5, 5.41) is 0. The molecule has 0 aliphatic heterocycles. The van der Waals surface area contributed by atoms with Gasteiger partial charge < -0.3 is 10.5 Å². The maximum absolute atomic E-state index is 11.0. The highest BCUT2D eigenvalue weighted by Gasteiger charge is 2.13. The summed E-state index contributed by atoms with van der Waals surface area (Å²) < 4.78 is 4.97. The van der Waals surface area contributed by atoms with Gasteiger partial charge in [0.25, 0.3) is 0 Å². The van der Waals surface area contributed by atoms with Crippen LogP contribution in [0.2, 0.25) is 0 Å². The van der Waals surface area contributed by atoms with Crippen LogP contribution in [0.5, 0.6) is 5.88 Å². The van der Waals surface area contributed by atoms with E-state index in [1.807, 2.05) is 0 Å². The van der Waals surface area contributed by atoms with E-state index in [1.54, 1.807) is 20.0 Å². The molecule has 0 aliphatic rings. The molecule has 0 aliphatic carbocycles. The molecule has 1 heterocycles. The predicted molar refractivity (Wildman–Crippen MR) is 48.8 cm³/mol. The van der Waals surface area contributed by atoms with Crippen molar-refractivity contribution in [1.82, 2.24) is 4.98 Å². The summed E-state index contributed by atoms with van der Waals surface area (Å²) in [6.07, 6.45) is 1.58. The van der Waals surface area contributed by atoms with Crippen LogP contribution in [-0.2, 0) is 0 Å². The van der Waals surface area contributed by atoms with Crippen LogP contribution >= 0.6 is 0 Å². The monoisotopic (exact) mass is 180 g/mol. The zero-order valence-electron chi connectivity index (χ0n) is 7.92. The summed E-state index contributed by atoms with van der Waals surface area (Å²) in [4.78, 5) is 15.1. The Kier molecular flexibility index (Phi) is 2.51. The molecule has 4 heteroatoms. The topological polar surface area (TPSA) is 65.2 Å². The number of hydrogen-bond acceptors (Lipinski definition) is 3. The first-order valence-corrected chi connectivity index (χ1v) is 3.88. The molecule has 4 nitrogen and oxygen atoms in total. The van der Waals surface area contributed by atoms with Gasteiger partial charge in [0, 0.05) is 11.8 Å². The Morgan fingerprint density at radius 3 is 2.62 bits per heavy atom. The number of pyridine rings is 1. The van der Waals surface area contributed by atoms with E-state index < -0.39 is 5.91 Å². The van der Waals surface area contributed by atoms with Crippen molar-refractivity contribution in [1.29, 1.82) is 0 Å². The summed E-state index contributed by atoms with van der Waals surface area (Å²) in [5.41, 5.74) is 7.17. The minimum Gasteiger partial charge on any atom is -0.481 e. The highest BCUT2D eigenvalue weighted by Crippen LogP contribution is 2.20. The third-order valence-electron chi connectivity index (χ3n) is 1.91. The summed E-state index contributed by atoms with van der Waals surface area (Å²) in [7, 11) is 1.51. The Hall–Kier alpha value is -1.58. The number of methoxy groups -OCH3 is 1. The van der Waals surface area contributed by atoms with Crippen molar-refractivity contribution in [3.63, 3.8) is 0 Å². The van der Waals surface area contributed by atoms with Crippen molar-refractivity contribution in [2.45, 2.75) is 13.8 Å². The molecule has 13 heavy (non-hydrogen) atoms. The van der Waals surface area contributed by atoms with E-state index in [2.05, 4.69) is 4.98 Å². The predicted octanol–water partition coefficient (Wildman–Crippen LogP) is 0.806. The van der Waals surface area contributed by atoms with Crippen LogP contribution in [0.4, 0.5) is 0 Å². The van der Waals surface area contributed by atoms with Gasteiger partial charge >= 0.3 is 0 Å². The second-order valence-electron chi connectivity index (χ2n) is 2.81. The number of primary amides is 1. The molecule has 0 spiro atoms. The number of carbonyl (C=O) groups excluding carboxylic acids is 1. The van der Waals surface area contributed by atoms with Crippen molar-refractivity contribution in [2.24, 2.45) is 5.73 Å². The SMILES string of the molecule is COc1ncc(C)c(C(N)=O)c1C. The van der Waals surface area contributed by atoms with Gasteiger partial charge in [0.15, 0.2) is 0 Å². The minimum absolute atomic E-state index is 0.444. The van der Waals surface area contributed by atoms with Gasteiger partial charge in [-0.2, -0.15) is 0 Å². The molecule has 1 rings (SSSR count). The molecule has 0 fully saturated rings. The first kappa shape index (κ1) is 9.51. The van der Waals surface area contributed by atoms with E-state index in [0.29, 0.717) is 17.0 Å². The summed E-state index contributed by atoms with van der Waals surface area (Å²) in [6, 6.07) is 0. The Labute approximate surface area is 76.7 Å². The van der Waals surface area contributed by atoms with Gasteiger partial charge in [0.1, 0.15) is 0 Å². The molecule has 0 saturated heterocycles. The fourth-order valence-corrected chi connectivity index (χ4v) is 1.30. The van der Waals surface area contributed by atoms with Crippen LogP contribution in [0.25, 0.3) is 0 Å². The summed E-state index contributed by atoms with van der Waals surface area (Å²) in [6.45, 7) is 3.55. The quantitative estimate of drug-likeness (QED) is 0.732. The lowest BCUT2D eigenvalue weighted by Gasteiger charge is -2.08. The number of carbonyl (C=O) groups is 1. The number of aromatic nitrogens is 1. The second-order valence-corrected chi connectivity index (χ2v) is 2.81. The van der Waals surface area contributed by atoms with E-state index in [-0.39, 0.29) is 0 Å². The molecule has 0 aromatic carbocycles. The van der Waals surface area contributed by atoms with Crippen molar-refractivity contribution >= 4 is 5.91 Å².